The van der Waals surface area contributed by atoms with E-state index in [9.17, 15) is 9.59 Å². The van der Waals surface area contributed by atoms with Crippen molar-refractivity contribution in [1.29, 1.82) is 0 Å². The molecule has 6 heteroatoms. The van der Waals surface area contributed by atoms with Crippen LogP contribution < -0.4 is 0 Å². The van der Waals surface area contributed by atoms with Crippen molar-refractivity contribution >= 4 is 11.9 Å². The topological polar surface area (TPSA) is 78.9 Å². The summed E-state index contributed by atoms with van der Waals surface area (Å²) in [6, 6.07) is 14.9. The average Bonchev–Trinajstić information content (AvgIpc) is 3.55. The highest BCUT2D eigenvalue weighted by Gasteiger charge is 2.63. The number of carbonyl (C=O) groups is 2. The van der Waals surface area contributed by atoms with Crippen molar-refractivity contribution in [2.45, 2.75) is 31.0 Å². The molecule has 0 radical (unpaired) electrons. The molecular formula is C24H20O6. The van der Waals surface area contributed by atoms with Crippen LogP contribution in [0.5, 0.6) is 0 Å². The first-order valence-electron chi connectivity index (χ1n) is 10.3. The van der Waals surface area contributed by atoms with Crippen molar-refractivity contribution in [2.24, 2.45) is 17.8 Å². The van der Waals surface area contributed by atoms with Crippen LogP contribution in [-0.4, -0.2) is 24.1 Å². The van der Waals surface area contributed by atoms with Gasteiger partial charge in [0.2, 0.25) is 11.5 Å². The van der Waals surface area contributed by atoms with Crippen LogP contribution in [0.1, 0.15) is 44.6 Å². The van der Waals surface area contributed by atoms with Gasteiger partial charge in [0, 0.05) is 11.8 Å². The Kier molecular flexibility index (Phi) is 3.88. The SMILES string of the molecule is O=C(O[C@@H]1C2CC(C3c4ccccc4CC32)[C@@H]1OC(=O)c1ccco1)c1ccco1. The van der Waals surface area contributed by atoms with Gasteiger partial charge >= 0.3 is 11.9 Å². The van der Waals surface area contributed by atoms with Crippen molar-refractivity contribution in [1.82, 2.24) is 0 Å². The average molecular weight is 404 g/mol. The zero-order valence-corrected chi connectivity index (χ0v) is 16.1. The van der Waals surface area contributed by atoms with E-state index in [-0.39, 0.29) is 23.4 Å². The van der Waals surface area contributed by atoms with Gasteiger partial charge in [-0.15, -0.1) is 0 Å². The van der Waals surface area contributed by atoms with Crippen LogP contribution in [0.25, 0.3) is 0 Å². The molecule has 2 bridgehead atoms. The maximum Gasteiger partial charge on any atom is 0.374 e. The Morgan fingerprint density at radius 3 is 2.03 bits per heavy atom. The van der Waals surface area contributed by atoms with Crippen LogP contribution in [0.2, 0.25) is 0 Å². The Hall–Kier alpha value is -3.28. The van der Waals surface area contributed by atoms with E-state index in [0.717, 1.165) is 12.8 Å². The zero-order valence-electron chi connectivity index (χ0n) is 16.1. The van der Waals surface area contributed by atoms with Gasteiger partial charge in [-0.1, -0.05) is 24.3 Å². The number of ether oxygens (including phenoxy) is 2. The lowest BCUT2D eigenvalue weighted by atomic mass is 9.76. The predicted molar refractivity (Wildman–Crippen MR) is 104 cm³/mol. The number of rotatable bonds is 4. The fourth-order valence-corrected chi connectivity index (χ4v) is 5.92. The third-order valence-corrected chi connectivity index (χ3v) is 6.99. The third-order valence-electron chi connectivity index (χ3n) is 6.99. The second kappa shape index (κ2) is 6.62. The predicted octanol–water partition coefficient (Wildman–Crippen LogP) is 4.23. The Bertz CT molecular complexity index is 1080. The molecule has 0 amide bonds. The number of esters is 2. The molecule has 2 heterocycles. The first kappa shape index (κ1) is 17.6. The normalized spacial score (nSPS) is 30.7. The van der Waals surface area contributed by atoms with Crippen molar-refractivity contribution < 1.29 is 27.9 Å². The minimum Gasteiger partial charge on any atom is -0.457 e. The van der Waals surface area contributed by atoms with Gasteiger partial charge in [0.15, 0.2) is 0 Å². The molecule has 3 aliphatic rings. The summed E-state index contributed by atoms with van der Waals surface area (Å²) in [7, 11) is 0. The van der Waals surface area contributed by atoms with Crippen LogP contribution in [0.4, 0.5) is 0 Å². The number of benzene rings is 1. The first-order chi connectivity index (χ1) is 14.7. The summed E-state index contributed by atoms with van der Waals surface area (Å²) < 4.78 is 22.2. The van der Waals surface area contributed by atoms with Gasteiger partial charge in [-0.25, -0.2) is 9.59 Å². The number of furan rings is 2. The number of fused-ring (bicyclic) bond motifs is 7. The maximum atomic E-state index is 12.7. The molecular weight excluding hydrogens is 384 g/mol. The van der Waals surface area contributed by atoms with Crippen LogP contribution in [0, 0.1) is 17.8 Å². The molecule has 6 rings (SSSR count). The molecule has 2 aromatic heterocycles. The van der Waals surface area contributed by atoms with Gasteiger partial charge in [-0.3, -0.25) is 0 Å². The minimum absolute atomic E-state index is 0.108. The third kappa shape index (κ3) is 2.56. The lowest BCUT2D eigenvalue weighted by Crippen LogP contribution is -2.45. The molecule has 2 saturated carbocycles. The van der Waals surface area contributed by atoms with Gasteiger partial charge in [0.25, 0.3) is 0 Å². The second-order valence-electron chi connectivity index (χ2n) is 8.35. The Morgan fingerprint density at radius 1 is 0.767 bits per heavy atom. The van der Waals surface area contributed by atoms with Crippen LogP contribution in [0.15, 0.2) is 69.9 Å². The monoisotopic (exact) mass is 404 g/mol. The van der Waals surface area contributed by atoms with E-state index in [1.807, 2.05) is 0 Å². The molecule has 0 N–H and O–H groups in total. The molecule has 6 nitrogen and oxygen atoms in total. The summed E-state index contributed by atoms with van der Waals surface area (Å²) in [5, 5.41) is 0. The smallest absolute Gasteiger partial charge is 0.374 e. The highest BCUT2D eigenvalue weighted by molar-refractivity contribution is 5.87. The van der Waals surface area contributed by atoms with Gasteiger partial charge in [0.1, 0.15) is 12.2 Å². The molecule has 0 aliphatic heterocycles. The highest BCUT2D eigenvalue weighted by atomic mass is 16.6. The molecule has 0 spiro atoms. The summed E-state index contributed by atoms with van der Waals surface area (Å²) in [6.45, 7) is 0. The Morgan fingerprint density at radius 2 is 1.40 bits per heavy atom. The quantitative estimate of drug-likeness (QED) is 0.606. The van der Waals surface area contributed by atoms with Gasteiger partial charge in [-0.05, 0) is 60.1 Å². The van der Waals surface area contributed by atoms with Crippen molar-refractivity contribution in [3.8, 4) is 0 Å². The van der Waals surface area contributed by atoms with Crippen LogP contribution in [-0.2, 0) is 15.9 Å². The molecule has 30 heavy (non-hydrogen) atoms. The molecule has 1 aromatic carbocycles. The molecule has 152 valence electrons. The van der Waals surface area contributed by atoms with E-state index in [4.69, 9.17) is 18.3 Å². The molecule has 2 fully saturated rings. The Labute approximate surface area is 172 Å². The number of carbonyl (C=O) groups excluding carboxylic acids is 2. The van der Waals surface area contributed by atoms with E-state index in [0.29, 0.717) is 11.8 Å². The van der Waals surface area contributed by atoms with Crippen LogP contribution in [0.3, 0.4) is 0 Å². The molecule has 0 saturated heterocycles. The molecule has 3 aromatic rings. The largest absolute Gasteiger partial charge is 0.457 e. The van der Waals surface area contributed by atoms with E-state index in [2.05, 4.69) is 24.3 Å². The number of hydrogen-bond acceptors (Lipinski definition) is 6. The standard InChI is InChI=1S/C24H20O6/c25-23(18-7-3-9-27-18)29-21-16-12-17(22(21)30-24(26)19-8-4-10-28-19)20-14-6-2-1-5-13(14)11-15(16)20/h1-10,15-17,20-22H,11-12H2/t15?,16?,17?,20?,21-,22+/m1/s1. The maximum absolute atomic E-state index is 12.7. The summed E-state index contributed by atoms with van der Waals surface area (Å²) >= 11 is 0. The molecule has 4 unspecified atom stereocenters. The highest BCUT2D eigenvalue weighted by Crippen LogP contribution is 2.62. The lowest BCUT2D eigenvalue weighted by molar-refractivity contribution is -0.0719. The number of hydrogen-bond donors (Lipinski definition) is 0. The van der Waals surface area contributed by atoms with Crippen molar-refractivity contribution in [2.75, 3.05) is 0 Å². The fraction of sp³-hybridized carbons (Fsp3) is 0.333. The molecule has 3 aliphatic carbocycles. The Balaban J connectivity index is 1.32. The lowest BCUT2D eigenvalue weighted by Gasteiger charge is -2.37. The summed E-state index contributed by atoms with van der Waals surface area (Å²) in [4.78, 5) is 25.3. The van der Waals surface area contributed by atoms with Crippen LogP contribution >= 0.6 is 0 Å². The minimum atomic E-state index is -0.528. The molecule has 6 atom stereocenters. The zero-order chi connectivity index (χ0) is 20.2. The van der Waals surface area contributed by atoms with Crippen molar-refractivity contribution in [3.63, 3.8) is 0 Å². The van der Waals surface area contributed by atoms with E-state index in [1.165, 1.54) is 23.7 Å². The van der Waals surface area contributed by atoms with Gasteiger partial charge < -0.3 is 18.3 Å². The fourth-order valence-electron chi connectivity index (χ4n) is 5.92. The van der Waals surface area contributed by atoms with E-state index < -0.39 is 24.1 Å². The second-order valence-corrected chi connectivity index (χ2v) is 8.35. The summed E-state index contributed by atoms with van der Waals surface area (Å²) in [6.07, 6.45) is 3.71. The van der Waals surface area contributed by atoms with E-state index in [1.54, 1.807) is 24.3 Å². The summed E-state index contributed by atoms with van der Waals surface area (Å²) in [5.41, 5.74) is 2.68. The van der Waals surface area contributed by atoms with Gasteiger partial charge in [-0.2, -0.15) is 0 Å². The summed E-state index contributed by atoms with van der Waals surface area (Å²) in [5.74, 6) is 0.206. The van der Waals surface area contributed by atoms with E-state index >= 15 is 0 Å². The van der Waals surface area contributed by atoms with Gasteiger partial charge in [0.05, 0.1) is 12.5 Å². The van der Waals surface area contributed by atoms with Crippen molar-refractivity contribution in [3.05, 3.63) is 83.7 Å². The first-order valence-corrected chi connectivity index (χ1v) is 10.3.